The first-order chi connectivity index (χ1) is 11.6. The number of hydrogen-bond acceptors (Lipinski definition) is 4. The maximum atomic E-state index is 12.4. The molecule has 0 unspecified atom stereocenters. The first-order valence-corrected chi connectivity index (χ1v) is 7.14. The number of para-hydroxylation sites is 2. The summed E-state index contributed by atoms with van der Waals surface area (Å²) in [5, 5.41) is 5.05. The third-order valence-corrected chi connectivity index (χ3v) is 3.40. The number of ketones is 1. The highest BCUT2D eigenvalue weighted by atomic mass is 16.2. The number of carbonyl (C=O) groups excluding carboxylic acids is 2. The van der Waals surface area contributed by atoms with Crippen LogP contribution in [-0.2, 0) is 4.79 Å². The van der Waals surface area contributed by atoms with Crippen LogP contribution in [0.2, 0.25) is 0 Å². The molecule has 0 radical (unpaired) electrons. The van der Waals surface area contributed by atoms with Gasteiger partial charge >= 0.3 is 0 Å². The van der Waals surface area contributed by atoms with E-state index in [2.05, 4.69) is 10.4 Å². The minimum Gasteiger partial charge on any atom is -0.383 e. The third-order valence-electron chi connectivity index (χ3n) is 3.40. The summed E-state index contributed by atoms with van der Waals surface area (Å²) in [6.07, 6.45) is 0. The molecule has 1 amide bonds. The Morgan fingerprint density at radius 3 is 2.17 bits per heavy atom. The Morgan fingerprint density at radius 2 is 1.54 bits per heavy atom. The van der Waals surface area contributed by atoms with Crippen molar-refractivity contribution in [2.45, 2.75) is 0 Å². The lowest BCUT2D eigenvalue weighted by Crippen LogP contribution is -2.29. The summed E-state index contributed by atoms with van der Waals surface area (Å²) in [6, 6.07) is 17.1. The molecule has 0 bridgehead atoms. The van der Waals surface area contributed by atoms with Crippen LogP contribution in [0.4, 0.5) is 11.5 Å². The van der Waals surface area contributed by atoms with E-state index in [0.29, 0.717) is 11.4 Å². The molecule has 0 aliphatic heterocycles. The number of anilines is 2. The second kappa shape index (κ2) is 6.25. The monoisotopic (exact) mass is 322 g/mol. The number of amides is 1. The van der Waals surface area contributed by atoms with Gasteiger partial charge in [-0.3, -0.25) is 19.5 Å². The Kier molecular flexibility index (Phi) is 3.98. The summed E-state index contributed by atoms with van der Waals surface area (Å²) in [7, 11) is 0. The van der Waals surface area contributed by atoms with E-state index in [0.717, 1.165) is 4.68 Å². The van der Waals surface area contributed by atoms with E-state index >= 15 is 0 Å². The zero-order chi connectivity index (χ0) is 17.1. The van der Waals surface area contributed by atoms with Crippen LogP contribution in [0.1, 0.15) is 10.4 Å². The number of carbonyl (C=O) groups is 2. The van der Waals surface area contributed by atoms with Gasteiger partial charge in [-0.15, -0.1) is 0 Å². The highest BCUT2D eigenvalue weighted by Crippen LogP contribution is 2.11. The molecule has 1 heterocycles. The largest absolute Gasteiger partial charge is 0.383 e. The molecule has 1 aromatic heterocycles. The van der Waals surface area contributed by atoms with Crippen LogP contribution in [-0.4, -0.2) is 21.5 Å². The molecule has 4 N–H and O–H groups in total. The average Bonchev–Trinajstić information content (AvgIpc) is 2.90. The molecular weight excluding hydrogens is 308 g/mol. The van der Waals surface area contributed by atoms with E-state index < -0.39 is 17.2 Å². The van der Waals surface area contributed by atoms with E-state index in [-0.39, 0.29) is 11.4 Å². The number of hydrogen-bond donors (Lipinski definition) is 3. The van der Waals surface area contributed by atoms with Gasteiger partial charge in [-0.25, -0.2) is 4.68 Å². The van der Waals surface area contributed by atoms with Gasteiger partial charge < -0.3 is 11.1 Å². The minimum atomic E-state index is -0.993. The van der Waals surface area contributed by atoms with Crippen molar-refractivity contribution in [2.24, 2.45) is 0 Å². The summed E-state index contributed by atoms with van der Waals surface area (Å²) >= 11 is 0. The van der Waals surface area contributed by atoms with Crippen LogP contribution >= 0.6 is 0 Å². The smallest absolute Gasteiger partial charge is 0.297 e. The van der Waals surface area contributed by atoms with Gasteiger partial charge in [-0.2, -0.15) is 0 Å². The molecule has 0 aliphatic rings. The SMILES string of the molecule is Nc1[nH]n(-c2ccccc2)c(=O)c1C(=O)C(=O)Nc1ccccc1. The van der Waals surface area contributed by atoms with Gasteiger partial charge in [0.05, 0.1) is 5.69 Å². The second-order valence-electron chi connectivity index (χ2n) is 5.03. The fraction of sp³-hybridized carbons (Fsp3) is 0. The van der Waals surface area contributed by atoms with Crippen molar-refractivity contribution in [1.29, 1.82) is 0 Å². The van der Waals surface area contributed by atoms with Crippen molar-refractivity contribution in [3.63, 3.8) is 0 Å². The molecule has 0 spiro atoms. The van der Waals surface area contributed by atoms with Gasteiger partial charge in [-0.05, 0) is 24.3 Å². The predicted octanol–water partition coefficient (Wildman–Crippen LogP) is 1.57. The fourth-order valence-corrected chi connectivity index (χ4v) is 2.26. The standard InChI is InChI=1S/C17H14N4O3/c18-15-13(14(22)16(23)19-11-7-3-1-4-8-11)17(24)21(20-15)12-9-5-2-6-10-12/h1-10,20H,18H2,(H,19,23). The van der Waals surface area contributed by atoms with Gasteiger partial charge in [0.25, 0.3) is 17.2 Å². The molecule has 0 atom stereocenters. The maximum absolute atomic E-state index is 12.4. The summed E-state index contributed by atoms with van der Waals surface area (Å²) < 4.78 is 1.12. The molecule has 7 nitrogen and oxygen atoms in total. The molecule has 2 aromatic carbocycles. The number of benzene rings is 2. The molecule has 0 saturated heterocycles. The second-order valence-corrected chi connectivity index (χ2v) is 5.03. The lowest BCUT2D eigenvalue weighted by atomic mass is 10.2. The van der Waals surface area contributed by atoms with Crippen LogP contribution in [0, 0.1) is 0 Å². The Bertz CT molecular complexity index is 943. The normalized spacial score (nSPS) is 10.3. The number of aromatic nitrogens is 2. The first-order valence-electron chi connectivity index (χ1n) is 7.14. The van der Waals surface area contributed by atoms with Crippen molar-refractivity contribution in [2.75, 3.05) is 11.1 Å². The van der Waals surface area contributed by atoms with Gasteiger partial charge in [0.2, 0.25) is 0 Å². The molecule has 3 rings (SSSR count). The third kappa shape index (κ3) is 2.82. The van der Waals surface area contributed by atoms with Crippen molar-refractivity contribution in [3.05, 3.63) is 76.6 Å². The van der Waals surface area contributed by atoms with E-state index in [1.165, 1.54) is 0 Å². The molecule has 0 saturated carbocycles. The summed E-state index contributed by atoms with van der Waals surface area (Å²) in [4.78, 5) is 36.8. The number of nitrogens with zero attached hydrogens (tertiary/aromatic N) is 1. The Labute approximate surface area is 136 Å². The van der Waals surface area contributed by atoms with Crippen LogP contribution in [0.5, 0.6) is 0 Å². The van der Waals surface area contributed by atoms with Crippen LogP contribution < -0.4 is 16.6 Å². The van der Waals surface area contributed by atoms with Gasteiger partial charge in [-0.1, -0.05) is 36.4 Å². The molecule has 3 aromatic rings. The van der Waals surface area contributed by atoms with E-state index in [1.807, 2.05) is 0 Å². The number of nitrogens with two attached hydrogens (primary N) is 1. The Balaban J connectivity index is 1.92. The van der Waals surface area contributed by atoms with Crippen LogP contribution in [0.15, 0.2) is 65.5 Å². The topological polar surface area (TPSA) is 110 Å². The quantitative estimate of drug-likeness (QED) is 0.500. The Hall–Kier alpha value is -3.61. The molecule has 7 heteroatoms. The van der Waals surface area contributed by atoms with Gasteiger partial charge in [0, 0.05) is 5.69 Å². The van der Waals surface area contributed by atoms with E-state index in [9.17, 15) is 14.4 Å². The fourth-order valence-electron chi connectivity index (χ4n) is 2.26. The minimum absolute atomic E-state index is 0.155. The number of nitrogens with one attached hydrogen (secondary N) is 2. The van der Waals surface area contributed by atoms with Crippen molar-refractivity contribution in [1.82, 2.24) is 9.78 Å². The van der Waals surface area contributed by atoms with E-state index in [4.69, 9.17) is 5.73 Å². The van der Waals surface area contributed by atoms with Crippen LogP contribution in [0.3, 0.4) is 0 Å². The van der Waals surface area contributed by atoms with Gasteiger partial charge in [0.15, 0.2) is 0 Å². The highest BCUT2D eigenvalue weighted by molar-refractivity contribution is 6.47. The molecule has 0 fully saturated rings. The zero-order valence-electron chi connectivity index (χ0n) is 12.5. The number of nitrogen functional groups attached to an aromatic ring is 1. The van der Waals surface area contributed by atoms with Crippen molar-refractivity contribution < 1.29 is 9.59 Å². The first kappa shape index (κ1) is 15.3. The summed E-state index contributed by atoms with van der Waals surface area (Å²) in [5.41, 5.74) is 5.64. The lowest BCUT2D eigenvalue weighted by Gasteiger charge is -2.02. The number of aromatic amines is 1. The lowest BCUT2D eigenvalue weighted by molar-refractivity contribution is -0.112. The highest BCUT2D eigenvalue weighted by Gasteiger charge is 2.26. The Morgan fingerprint density at radius 1 is 0.958 bits per heavy atom. The maximum Gasteiger partial charge on any atom is 0.297 e. The summed E-state index contributed by atoms with van der Waals surface area (Å²) in [5.74, 6) is -2.08. The molecule has 0 aliphatic carbocycles. The van der Waals surface area contributed by atoms with Crippen LogP contribution in [0.25, 0.3) is 5.69 Å². The molecule has 120 valence electrons. The zero-order valence-corrected chi connectivity index (χ0v) is 12.5. The molecular formula is C17H14N4O3. The number of Topliss-reactive ketones (excluding diaryl/α,β-unsaturated/α-hetero) is 1. The molecule has 24 heavy (non-hydrogen) atoms. The summed E-state index contributed by atoms with van der Waals surface area (Å²) in [6.45, 7) is 0. The number of H-pyrrole nitrogens is 1. The van der Waals surface area contributed by atoms with Crippen molar-refractivity contribution in [3.8, 4) is 5.69 Å². The predicted molar refractivity (Wildman–Crippen MR) is 90.2 cm³/mol. The average molecular weight is 322 g/mol. The van der Waals surface area contributed by atoms with Gasteiger partial charge in [0.1, 0.15) is 11.4 Å². The number of rotatable bonds is 4. The van der Waals surface area contributed by atoms with Crippen molar-refractivity contribution >= 4 is 23.2 Å². The van der Waals surface area contributed by atoms with E-state index in [1.54, 1.807) is 60.7 Å².